The van der Waals surface area contributed by atoms with E-state index in [1.165, 1.54) is 43.1 Å². The summed E-state index contributed by atoms with van der Waals surface area (Å²) in [4.78, 5) is 7.88. The first-order chi connectivity index (χ1) is 20.0. The van der Waals surface area contributed by atoms with Crippen LogP contribution in [0.25, 0.3) is 42.9 Å². The van der Waals surface area contributed by atoms with Crippen LogP contribution < -0.4 is 4.90 Å². The molecule has 0 spiro atoms. The predicted octanol–water partition coefficient (Wildman–Crippen LogP) is 10.6. The summed E-state index contributed by atoms with van der Waals surface area (Å²) in [5.74, 6) is 0. The number of hydrogen-bond acceptors (Lipinski definition) is 3. The topological polar surface area (TPSA) is 31.4 Å². The highest BCUT2D eigenvalue weighted by Gasteiger charge is 2.38. The zero-order valence-corrected chi connectivity index (χ0v) is 23.5. The molecule has 0 amide bonds. The maximum Gasteiger partial charge on any atom is 0.263 e. The molecule has 7 rings (SSSR count). The Hall–Kier alpha value is -5.16. The third kappa shape index (κ3) is 4.01. The highest BCUT2D eigenvalue weighted by atomic mass is 32.1. The van der Waals surface area contributed by atoms with Gasteiger partial charge in [-0.3, -0.25) is 0 Å². The van der Waals surface area contributed by atoms with Crippen LogP contribution in [-0.2, 0) is 5.41 Å². The molecule has 41 heavy (non-hydrogen) atoms. The molecule has 1 aliphatic rings. The molecule has 1 heterocycles. The molecule has 0 fully saturated rings. The van der Waals surface area contributed by atoms with Crippen molar-refractivity contribution in [2.75, 3.05) is 4.90 Å². The molecule has 0 N–H and O–H groups in total. The van der Waals surface area contributed by atoms with Gasteiger partial charge in [-0.05, 0) is 75.3 Å². The molecule has 0 atom stereocenters. The maximum absolute atomic E-state index is 9.26. The first-order valence-electron chi connectivity index (χ1n) is 13.5. The number of thiophene rings is 1. The molecule has 0 saturated carbocycles. The van der Waals surface area contributed by atoms with Crippen LogP contribution in [0.3, 0.4) is 0 Å². The molecular formula is C37H25N3S. The summed E-state index contributed by atoms with van der Waals surface area (Å²) in [6.45, 7) is 11.8. The third-order valence-electron chi connectivity index (χ3n) is 8.12. The summed E-state index contributed by atoms with van der Waals surface area (Å²) in [5, 5.41) is 14.1. The van der Waals surface area contributed by atoms with Crippen molar-refractivity contribution in [1.82, 2.24) is 0 Å². The summed E-state index contributed by atoms with van der Waals surface area (Å²) >= 11 is 1.65. The van der Waals surface area contributed by atoms with Crippen LogP contribution >= 0.6 is 11.3 Å². The molecule has 4 heteroatoms. The van der Waals surface area contributed by atoms with Crippen LogP contribution in [0.15, 0.2) is 115 Å². The van der Waals surface area contributed by atoms with Crippen LogP contribution in [-0.4, -0.2) is 0 Å². The first-order valence-corrected chi connectivity index (χ1v) is 14.3. The average molecular weight is 544 g/mol. The van der Waals surface area contributed by atoms with Gasteiger partial charge < -0.3 is 4.90 Å². The monoisotopic (exact) mass is 543 g/mol. The smallest absolute Gasteiger partial charge is 0.263 e. The van der Waals surface area contributed by atoms with Crippen LogP contribution in [0, 0.1) is 17.9 Å². The van der Waals surface area contributed by atoms with E-state index >= 15 is 0 Å². The van der Waals surface area contributed by atoms with E-state index in [1.54, 1.807) is 17.4 Å². The molecule has 0 radical (unpaired) electrons. The lowest BCUT2D eigenvalue weighted by Crippen LogP contribution is -2.16. The second kappa shape index (κ2) is 9.49. The highest BCUT2D eigenvalue weighted by molar-refractivity contribution is 7.16. The van der Waals surface area contributed by atoms with Gasteiger partial charge in [0.15, 0.2) is 0 Å². The summed E-state index contributed by atoms with van der Waals surface area (Å²) in [5.41, 5.74) is 6.99. The molecule has 3 nitrogen and oxygen atoms in total. The van der Waals surface area contributed by atoms with Crippen LogP contribution in [0.1, 0.15) is 29.9 Å². The average Bonchev–Trinajstić information content (AvgIpc) is 3.52. The van der Waals surface area contributed by atoms with Gasteiger partial charge in [-0.25, -0.2) is 10.1 Å². The molecule has 1 aromatic heterocycles. The Kier molecular flexibility index (Phi) is 5.75. The van der Waals surface area contributed by atoms with Crippen LogP contribution in [0.4, 0.5) is 17.1 Å². The van der Waals surface area contributed by atoms with E-state index in [9.17, 15) is 5.26 Å². The van der Waals surface area contributed by atoms with Gasteiger partial charge in [0.1, 0.15) is 0 Å². The molecular weight excluding hydrogens is 518 g/mol. The standard InChI is InChI=1S/C37H25N3S/c1-37(2)33-21-29(17-18-32(33)36-34(37)22-30(41-36)20-27(23-38)39-3)40(28-16-15-24-9-4-5-11-26(24)19-28)35-14-8-12-25-10-6-7-13-31(25)35/h4-22H,1-2H3/b27-20-. The third-order valence-corrected chi connectivity index (χ3v) is 9.23. The predicted molar refractivity (Wildman–Crippen MR) is 172 cm³/mol. The van der Waals surface area contributed by atoms with Gasteiger partial charge >= 0.3 is 0 Å². The quantitative estimate of drug-likeness (QED) is 0.164. The van der Waals surface area contributed by atoms with Crippen molar-refractivity contribution in [3.63, 3.8) is 0 Å². The Morgan fingerprint density at radius 3 is 2.32 bits per heavy atom. The maximum atomic E-state index is 9.26. The lowest BCUT2D eigenvalue weighted by molar-refractivity contribution is 0.662. The number of nitriles is 1. The fourth-order valence-corrected chi connectivity index (χ4v) is 7.34. The minimum atomic E-state index is -0.220. The van der Waals surface area contributed by atoms with Crippen molar-refractivity contribution in [3.05, 3.63) is 142 Å². The van der Waals surface area contributed by atoms with Crippen LogP contribution in [0.5, 0.6) is 0 Å². The van der Waals surface area contributed by atoms with Gasteiger partial charge in [0.2, 0.25) is 0 Å². The van der Waals surface area contributed by atoms with Crippen molar-refractivity contribution in [2.45, 2.75) is 19.3 Å². The lowest BCUT2D eigenvalue weighted by Gasteiger charge is -2.29. The summed E-state index contributed by atoms with van der Waals surface area (Å²) in [7, 11) is 0. The van der Waals surface area contributed by atoms with Gasteiger partial charge in [-0.2, -0.15) is 0 Å². The Balaban J connectivity index is 1.42. The Labute approximate surface area is 243 Å². The number of hydrogen-bond donors (Lipinski definition) is 0. The van der Waals surface area contributed by atoms with Crippen molar-refractivity contribution in [1.29, 1.82) is 5.26 Å². The van der Waals surface area contributed by atoms with Crippen molar-refractivity contribution in [2.24, 2.45) is 0 Å². The molecule has 0 saturated heterocycles. The van der Waals surface area contributed by atoms with Crippen molar-refractivity contribution in [3.8, 4) is 16.5 Å². The summed E-state index contributed by atoms with van der Waals surface area (Å²) in [6.07, 6.45) is 1.70. The Morgan fingerprint density at radius 1 is 0.805 bits per heavy atom. The van der Waals surface area contributed by atoms with Crippen molar-refractivity contribution < 1.29 is 0 Å². The van der Waals surface area contributed by atoms with Gasteiger partial charge in [0, 0.05) is 31.9 Å². The molecule has 5 aromatic carbocycles. The SMILES string of the molecule is [C-]#[N+]/C(C#N)=C\c1cc2c(s1)-c1ccc(N(c3ccc4ccccc4c3)c3cccc4ccccc34)cc1C2(C)C. The van der Waals surface area contributed by atoms with Gasteiger partial charge in [-0.15, -0.1) is 11.3 Å². The Morgan fingerprint density at radius 2 is 1.51 bits per heavy atom. The van der Waals surface area contributed by atoms with E-state index in [-0.39, 0.29) is 11.1 Å². The number of allylic oxidation sites excluding steroid dienone is 1. The molecule has 0 aliphatic heterocycles. The van der Waals surface area contributed by atoms with E-state index in [2.05, 4.69) is 133 Å². The lowest BCUT2D eigenvalue weighted by atomic mass is 9.82. The van der Waals surface area contributed by atoms with Gasteiger partial charge in [0.05, 0.1) is 18.3 Å². The van der Waals surface area contributed by atoms with Gasteiger partial charge in [-0.1, -0.05) is 86.6 Å². The molecule has 6 aromatic rings. The number of nitrogens with zero attached hydrogens (tertiary/aromatic N) is 3. The second-order valence-electron chi connectivity index (χ2n) is 10.9. The normalized spacial score (nSPS) is 13.4. The molecule has 1 aliphatic carbocycles. The van der Waals surface area contributed by atoms with E-state index in [1.807, 2.05) is 6.07 Å². The minimum absolute atomic E-state index is 0.111. The zero-order valence-electron chi connectivity index (χ0n) is 22.7. The van der Waals surface area contributed by atoms with Crippen molar-refractivity contribution >= 4 is 56.0 Å². The van der Waals surface area contributed by atoms with E-state index in [0.717, 1.165) is 21.9 Å². The second-order valence-corrected chi connectivity index (χ2v) is 11.9. The first kappa shape index (κ1) is 24.9. The fraction of sp³-hybridized carbons (Fsp3) is 0.0811. The fourth-order valence-electron chi connectivity index (χ4n) is 6.05. The number of anilines is 3. The molecule has 0 unspecified atom stereocenters. The largest absolute Gasteiger partial charge is 0.310 e. The van der Waals surface area contributed by atoms with E-state index in [0.29, 0.717) is 0 Å². The van der Waals surface area contributed by atoms with E-state index in [4.69, 9.17) is 6.57 Å². The summed E-state index contributed by atoms with van der Waals surface area (Å²) in [6, 6.07) is 41.2. The molecule has 194 valence electrons. The highest BCUT2D eigenvalue weighted by Crippen LogP contribution is 2.54. The summed E-state index contributed by atoms with van der Waals surface area (Å²) < 4.78 is 0. The number of rotatable bonds is 4. The molecule has 0 bridgehead atoms. The zero-order chi connectivity index (χ0) is 28.1. The van der Waals surface area contributed by atoms with Crippen LogP contribution in [0.2, 0.25) is 0 Å². The Bertz CT molecular complexity index is 2100. The number of fused-ring (bicyclic) bond motifs is 5. The van der Waals surface area contributed by atoms with E-state index < -0.39 is 0 Å². The minimum Gasteiger partial charge on any atom is -0.310 e. The van der Waals surface area contributed by atoms with Gasteiger partial charge in [0.25, 0.3) is 5.70 Å². The number of benzene rings is 5.